The highest BCUT2D eigenvalue weighted by Crippen LogP contribution is 2.32. The zero-order valence-electron chi connectivity index (χ0n) is 7.71. The summed E-state index contributed by atoms with van der Waals surface area (Å²) in [5.74, 6) is 0.698. The van der Waals surface area contributed by atoms with Gasteiger partial charge in [0, 0.05) is 5.92 Å². The van der Waals surface area contributed by atoms with Gasteiger partial charge in [0.05, 0.1) is 17.5 Å². The molecule has 1 fully saturated rings. The summed E-state index contributed by atoms with van der Waals surface area (Å²) in [5.41, 5.74) is 0. The molecule has 1 saturated heterocycles. The number of carbonyl (C=O) groups is 1. The van der Waals surface area contributed by atoms with Gasteiger partial charge in [-0.1, -0.05) is 22.9 Å². The monoisotopic (exact) mass is 234 g/mol. The molecule has 0 N–H and O–H groups in total. The smallest absolute Gasteiger partial charge is 0.149 e. The van der Waals surface area contributed by atoms with E-state index < -0.39 is 0 Å². The Hall–Kier alpha value is 0.110. The zero-order valence-corrected chi connectivity index (χ0v) is 9.30. The van der Waals surface area contributed by atoms with Crippen LogP contribution in [0.4, 0.5) is 0 Å². The van der Waals surface area contributed by atoms with Gasteiger partial charge in [-0.2, -0.15) is 0 Å². The number of carbonyl (C=O) groups excluding carboxylic acids is 1. The Morgan fingerprint density at radius 1 is 1.33 bits per heavy atom. The molecule has 1 aliphatic heterocycles. The second kappa shape index (κ2) is 3.88. The molecule has 12 heavy (non-hydrogen) atoms. The van der Waals surface area contributed by atoms with Crippen molar-refractivity contribution in [2.75, 3.05) is 5.33 Å². The lowest BCUT2D eigenvalue weighted by molar-refractivity contribution is -0.122. The van der Waals surface area contributed by atoms with Gasteiger partial charge < -0.3 is 4.74 Å². The maximum absolute atomic E-state index is 11.5. The summed E-state index contributed by atoms with van der Waals surface area (Å²) < 4.78 is 5.57. The molecule has 0 amide bonds. The van der Waals surface area contributed by atoms with Crippen LogP contribution in [0.25, 0.3) is 0 Å². The Kier molecular flexibility index (Phi) is 3.29. The summed E-state index contributed by atoms with van der Waals surface area (Å²) in [7, 11) is 0. The SMILES string of the molecule is CC1OC(C)C(C(=O)CBr)C1C. The van der Waals surface area contributed by atoms with E-state index in [1.165, 1.54) is 0 Å². The average molecular weight is 235 g/mol. The van der Waals surface area contributed by atoms with Crippen LogP contribution < -0.4 is 0 Å². The first-order chi connectivity index (χ1) is 5.57. The van der Waals surface area contributed by atoms with Gasteiger partial charge in [0.15, 0.2) is 0 Å². The Morgan fingerprint density at radius 3 is 2.25 bits per heavy atom. The van der Waals surface area contributed by atoms with Gasteiger partial charge in [-0.25, -0.2) is 0 Å². The first kappa shape index (κ1) is 10.2. The van der Waals surface area contributed by atoms with Crippen molar-refractivity contribution in [2.45, 2.75) is 33.0 Å². The molecule has 1 rings (SSSR count). The molecule has 1 aliphatic rings. The van der Waals surface area contributed by atoms with Crippen molar-refractivity contribution in [2.24, 2.45) is 11.8 Å². The van der Waals surface area contributed by atoms with Gasteiger partial charge in [0.25, 0.3) is 0 Å². The number of halogens is 1. The minimum absolute atomic E-state index is 0.0828. The summed E-state index contributed by atoms with van der Waals surface area (Å²) in [4.78, 5) is 11.5. The van der Waals surface area contributed by atoms with Crippen LogP contribution in [0.15, 0.2) is 0 Å². The van der Waals surface area contributed by atoms with E-state index in [-0.39, 0.29) is 23.9 Å². The largest absolute Gasteiger partial charge is 0.375 e. The molecule has 0 spiro atoms. The Balaban J connectivity index is 2.69. The van der Waals surface area contributed by atoms with E-state index in [9.17, 15) is 4.79 Å². The molecular weight excluding hydrogens is 220 g/mol. The highest BCUT2D eigenvalue weighted by atomic mass is 79.9. The quantitative estimate of drug-likeness (QED) is 0.684. The van der Waals surface area contributed by atoms with Crippen LogP contribution in [0.2, 0.25) is 0 Å². The van der Waals surface area contributed by atoms with Gasteiger partial charge >= 0.3 is 0 Å². The van der Waals surface area contributed by atoms with Crippen LogP contribution in [-0.2, 0) is 9.53 Å². The molecule has 0 saturated carbocycles. The number of ketones is 1. The first-order valence-corrected chi connectivity index (χ1v) is 5.44. The van der Waals surface area contributed by atoms with Crippen molar-refractivity contribution < 1.29 is 9.53 Å². The standard InChI is InChI=1S/C9H15BrO2/c1-5-6(2)12-7(3)9(5)8(11)4-10/h5-7,9H,4H2,1-3H3. The molecule has 4 atom stereocenters. The lowest BCUT2D eigenvalue weighted by atomic mass is 9.87. The normalized spacial score (nSPS) is 41.7. The van der Waals surface area contributed by atoms with Crippen molar-refractivity contribution in [3.05, 3.63) is 0 Å². The molecule has 0 bridgehead atoms. The van der Waals surface area contributed by atoms with Crippen molar-refractivity contribution in [3.63, 3.8) is 0 Å². The number of hydrogen-bond acceptors (Lipinski definition) is 2. The van der Waals surface area contributed by atoms with Gasteiger partial charge in [-0.3, -0.25) is 4.79 Å². The number of Topliss-reactive ketones (excluding diaryl/α,β-unsaturated/α-hetero) is 1. The Morgan fingerprint density at radius 2 is 1.92 bits per heavy atom. The molecule has 1 heterocycles. The number of alkyl halides is 1. The fraction of sp³-hybridized carbons (Fsp3) is 0.889. The first-order valence-electron chi connectivity index (χ1n) is 4.32. The van der Waals surface area contributed by atoms with E-state index in [2.05, 4.69) is 22.9 Å². The molecule has 0 aromatic rings. The van der Waals surface area contributed by atoms with Crippen LogP contribution in [-0.4, -0.2) is 23.3 Å². The molecule has 0 aliphatic carbocycles. The van der Waals surface area contributed by atoms with Gasteiger partial charge in [-0.05, 0) is 19.8 Å². The van der Waals surface area contributed by atoms with Crippen molar-refractivity contribution in [1.29, 1.82) is 0 Å². The van der Waals surface area contributed by atoms with Gasteiger partial charge in [-0.15, -0.1) is 0 Å². The predicted molar refractivity (Wildman–Crippen MR) is 51.5 cm³/mol. The van der Waals surface area contributed by atoms with Crippen molar-refractivity contribution >= 4 is 21.7 Å². The van der Waals surface area contributed by atoms with Crippen molar-refractivity contribution in [1.82, 2.24) is 0 Å². The highest BCUT2D eigenvalue weighted by molar-refractivity contribution is 9.09. The van der Waals surface area contributed by atoms with Crippen LogP contribution in [0, 0.1) is 11.8 Å². The molecule has 0 radical (unpaired) electrons. The zero-order chi connectivity index (χ0) is 9.30. The highest BCUT2D eigenvalue weighted by Gasteiger charge is 2.40. The Labute approximate surface area is 81.8 Å². The lowest BCUT2D eigenvalue weighted by Crippen LogP contribution is -2.27. The number of rotatable bonds is 2. The second-order valence-corrected chi connectivity index (χ2v) is 4.09. The third-order valence-electron chi connectivity index (χ3n) is 2.75. The molecule has 2 nitrogen and oxygen atoms in total. The predicted octanol–water partition coefficient (Wildman–Crippen LogP) is 2.01. The summed E-state index contributed by atoms with van der Waals surface area (Å²) in [6, 6.07) is 0. The van der Waals surface area contributed by atoms with E-state index in [0.717, 1.165) is 0 Å². The number of hydrogen-bond donors (Lipinski definition) is 0. The minimum atomic E-state index is 0.0828. The third kappa shape index (κ3) is 1.72. The maximum atomic E-state index is 11.5. The summed E-state index contributed by atoms with van der Waals surface area (Å²) in [6.07, 6.45) is 0.299. The van der Waals surface area contributed by atoms with E-state index >= 15 is 0 Å². The molecule has 0 aromatic heterocycles. The summed E-state index contributed by atoms with van der Waals surface area (Å²) in [5, 5.41) is 0.447. The van der Waals surface area contributed by atoms with Crippen LogP contribution in [0.5, 0.6) is 0 Å². The maximum Gasteiger partial charge on any atom is 0.149 e. The average Bonchev–Trinajstić information content (AvgIpc) is 2.26. The van der Waals surface area contributed by atoms with Crippen LogP contribution in [0.3, 0.4) is 0 Å². The van der Waals surface area contributed by atoms with E-state index in [1.54, 1.807) is 0 Å². The minimum Gasteiger partial charge on any atom is -0.375 e. The molecule has 4 unspecified atom stereocenters. The fourth-order valence-electron chi connectivity index (χ4n) is 1.91. The van der Waals surface area contributed by atoms with Crippen LogP contribution >= 0.6 is 15.9 Å². The summed E-state index contributed by atoms with van der Waals surface area (Å²) >= 11 is 3.19. The lowest BCUT2D eigenvalue weighted by Gasteiger charge is -2.15. The Bertz CT molecular complexity index is 181. The number of ether oxygens (including phenoxy) is 1. The van der Waals surface area contributed by atoms with Gasteiger partial charge in [0.1, 0.15) is 5.78 Å². The van der Waals surface area contributed by atoms with E-state index in [1.807, 2.05) is 13.8 Å². The van der Waals surface area contributed by atoms with Crippen molar-refractivity contribution in [3.8, 4) is 0 Å². The second-order valence-electron chi connectivity index (χ2n) is 3.53. The fourth-order valence-corrected chi connectivity index (χ4v) is 2.28. The van der Waals surface area contributed by atoms with E-state index in [0.29, 0.717) is 11.2 Å². The van der Waals surface area contributed by atoms with Crippen LogP contribution in [0.1, 0.15) is 20.8 Å². The topological polar surface area (TPSA) is 26.3 Å². The molecule has 3 heteroatoms. The molecular formula is C9H15BrO2. The third-order valence-corrected chi connectivity index (χ3v) is 3.30. The molecule has 0 aromatic carbocycles. The van der Waals surface area contributed by atoms with Gasteiger partial charge in [0.2, 0.25) is 0 Å². The van der Waals surface area contributed by atoms with E-state index in [4.69, 9.17) is 4.74 Å². The molecule has 70 valence electrons. The summed E-state index contributed by atoms with van der Waals surface area (Å²) in [6.45, 7) is 6.09.